The Labute approximate surface area is 132 Å². The first-order valence-corrected chi connectivity index (χ1v) is 7.50. The molecule has 1 saturated carbocycles. The van der Waals surface area contributed by atoms with Crippen LogP contribution in [0, 0.1) is 6.92 Å². The third kappa shape index (κ3) is 3.87. The van der Waals surface area contributed by atoms with Crippen LogP contribution in [0.1, 0.15) is 30.1 Å². The lowest BCUT2D eigenvalue weighted by Gasteiger charge is -2.13. The van der Waals surface area contributed by atoms with Crippen LogP contribution in [0.25, 0.3) is 0 Å². The van der Waals surface area contributed by atoms with Crippen molar-refractivity contribution in [3.05, 3.63) is 39.5 Å². The van der Waals surface area contributed by atoms with E-state index < -0.39 is 0 Å². The Morgan fingerprint density at radius 1 is 1.38 bits per heavy atom. The summed E-state index contributed by atoms with van der Waals surface area (Å²) in [5, 5.41) is 8.21. The predicted octanol–water partition coefficient (Wildman–Crippen LogP) is 3.52. The summed E-state index contributed by atoms with van der Waals surface area (Å²) in [5.74, 6) is 1.59. The van der Waals surface area contributed by atoms with Gasteiger partial charge in [0.1, 0.15) is 5.75 Å². The predicted molar refractivity (Wildman–Crippen MR) is 79.7 cm³/mol. The Hall–Kier alpha value is -1.30. The van der Waals surface area contributed by atoms with Gasteiger partial charge in [0, 0.05) is 23.2 Å². The Morgan fingerprint density at radius 3 is 2.86 bits per heavy atom. The van der Waals surface area contributed by atoms with Crippen molar-refractivity contribution in [1.82, 2.24) is 15.5 Å². The van der Waals surface area contributed by atoms with E-state index in [9.17, 15) is 0 Å². The zero-order chi connectivity index (χ0) is 14.8. The number of aromatic nitrogens is 2. The molecule has 2 aromatic rings. The molecule has 1 aromatic heterocycles. The normalized spacial score (nSPS) is 14.4. The van der Waals surface area contributed by atoms with E-state index in [4.69, 9.17) is 32.5 Å². The molecule has 0 bridgehead atoms. The van der Waals surface area contributed by atoms with Crippen LogP contribution in [0.2, 0.25) is 10.0 Å². The number of hydrogen-bond donors (Lipinski definition) is 1. The van der Waals surface area contributed by atoms with E-state index in [1.54, 1.807) is 13.0 Å². The van der Waals surface area contributed by atoms with E-state index >= 15 is 0 Å². The van der Waals surface area contributed by atoms with Gasteiger partial charge >= 0.3 is 0 Å². The molecule has 1 N–H and O–H groups in total. The van der Waals surface area contributed by atoms with Crippen LogP contribution < -0.4 is 10.1 Å². The highest BCUT2D eigenvalue weighted by molar-refractivity contribution is 6.35. The highest BCUT2D eigenvalue weighted by atomic mass is 35.5. The molecular formula is C14H15Cl2N3O2. The molecule has 0 saturated heterocycles. The van der Waals surface area contributed by atoms with E-state index in [1.165, 1.54) is 12.8 Å². The maximum Gasteiger partial charge on any atom is 0.264 e. The number of aryl methyl sites for hydroxylation is 1. The summed E-state index contributed by atoms with van der Waals surface area (Å²) in [4.78, 5) is 4.10. The van der Waals surface area contributed by atoms with Crippen molar-refractivity contribution in [2.24, 2.45) is 0 Å². The molecule has 1 aliphatic rings. The second-order valence-corrected chi connectivity index (χ2v) is 5.90. The molecule has 0 atom stereocenters. The van der Waals surface area contributed by atoms with Crippen LogP contribution in [0.4, 0.5) is 0 Å². The van der Waals surface area contributed by atoms with Gasteiger partial charge < -0.3 is 14.6 Å². The summed E-state index contributed by atoms with van der Waals surface area (Å²) in [6, 6.07) is 4.12. The summed E-state index contributed by atoms with van der Waals surface area (Å²) in [7, 11) is 0. The molecule has 0 amide bonds. The molecule has 112 valence electrons. The first-order valence-electron chi connectivity index (χ1n) is 6.75. The molecule has 0 unspecified atom stereocenters. The Balaban J connectivity index is 1.74. The van der Waals surface area contributed by atoms with Crippen molar-refractivity contribution in [3.63, 3.8) is 0 Å². The second kappa shape index (κ2) is 6.22. The maximum absolute atomic E-state index is 6.23. The zero-order valence-corrected chi connectivity index (χ0v) is 13.0. The Kier molecular flexibility index (Phi) is 4.33. The van der Waals surface area contributed by atoms with Gasteiger partial charge in [-0.15, -0.1) is 0 Å². The lowest BCUT2D eigenvalue weighted by molar-refractivity contribution is 0.240. The molecule has 0 radical (unpaired) electrons. The molecule has 0 spiro atoms. The first-order chi connectivity index (χ1) is 10.1. The molecular weight excluding hydrogens is 313 g/mol. The maximum atomic E-state index is 6.23. The SMILES string of the molecule is Cc1noc(COc2c(Cl)cc(Cl)cc2CNC2CC2)n1. The van der Waals surface area contributed by atoms with Gasteiger partial charge in [-0.3, -0.25) is 0 Å². The van der Waals surface area contributed by atoms with E-state index in [2.05, 4.69) is 15.5 Å². The monoisotopic (exact) mass is 327 g/mol. The molecule has 1 heterocycles. The van der Waals surface area contributed by atoms with Crippen LogP contribution in [-0.2, 0) is 13.2 Å². The van der Waals surface area contributed by atoms with Crippen molar-refractivity contribution in [2.45, 2.75) is 39.0 Å². The Bertz CT molecular complexity index is 641. The van der Waals surface area contributed by atoms with Crippen molar-refractivity contribution < 1.29 is 9.26 Å². The van der Waals surface area contributed by atoms with Crippen LogP contribution >= 0.6 is 23.2 Å². The standard InChI is InChI=1S/C14H15Cl2N3O2/c1-8-18-13(21-19-8)7-20-14-9(6-17-11-2-3-11)4-10(15)5-12(14)16/h4-5,11,17H,2-3,6-7H2,1H3. The van der Waals surface area contributed by atoms with Crippen LogP contribution in [0.15, 0.2) is 16.7 Å². The molecule has 3 rings (SSSR count). The number of hydrogen-bond acceptors (Lipinski definition) is 5. The van der Waals surface area contributed by atoms with E-state index in [1.807, 2.05) is 6.07 Å². The average molecular weight is 328 g/mol. The van der Waals surface area contributed by atoms with E-state index in [0.717, 1.165) is 5.56 Å². The third-order valence-electron chi connectivity index (χ3n) is 3.15. The smallest absolute Gasteiger partial charge is 0.264 e. The summed E-state index contributed by atoms with van der Waals surface area (Å²) in [6.07, 6.45) is 2.43. The number of halogens is 2. The van der Waals surface area contributed by atoms with Gasteiger partial charge in [-0.2, -0.15) is 4.98 Å². The van der Waals surface area contributed by atoms with Crippen molar-refractivity contribution in [1.29, 1.82) is 0 Å². The van der Waals surface area contributed by atoms with Gasteiger partial charge in [-0.25, -0.2) is 0 Å². The molecule has 0 aliphatic heterocycles. The highest BCUT2D eigenvalue weighted by Gasteiger charge is 2.21. The fourth-order valence-electron chi connectivity index (χ4n) is 1.98. The number of benzene rings is 1. The third-order valence-corrected chi connectivity index (χ3v) is 3.65. The van der Waals surface area contributed by atoms with Crippen LogP contribution in [0.5, 0.6) is 5.75 Å². The summed E-state index contributed by atoms with van der Waals surface area (Å²) in [5.41, 5.74) is 0.927. The first kappa shape index (κ1) is 14.6. The van der Waals surface area contributed by atoms with Crippen LogP contribution in [-0.4, -0.2) is 16.2 Å². The second-order valence-electron chi connectivity index (χ2n) is 5.06. The van der Waals surface area contributed by atoms with E-state index in [-0.39, 0.29) is 6.61 Å². The average Bonchev–Trinajstić information content (AvgIpc) is 3.17. The van der Waals surface area contributed by atoms with Gasteiger partial charge in [-0.05, 0) is 31.9 Å². The van der Waals surface area contributed by atoms with Gasteiger partial charge in [0.15, 0.2) is 12.4 Å². The minimum absolute atomic E-state index is 0.179. The lowest BCUT2D eigenvalue weighted by atomic mass is 10.2. The van der Waals surface area contributed by atoms with Crippen LogP contribution in [0.3, 0.4) is 0 Å². The summed E-state index contributed by atoms with van der Waals surface area (Å²) in [6.45, 7) is 2.61. The molecule has 21 heavy (non-hydrogen) atoms. The van der Waals surface area contributed by atoms with Crippen molar-refractivity contribution in [2.75, 3.05) is 0 Å². The fraction of sp³-hybridized carbons (Fsp3) is 0.429. The number of nitrogens with zero attached hydrogens (tertiary/aromatic N) is 2. The van der Waals surface area contributed by atoms with Gasteiger partial charge in [-0.1, -0.05) is 28.4 Å². The largest absolute Gasteiger partial charge is 0.482 e. The molecule has 1 aromatic carbocycles. The van der Waals surface area contributed by atoms with Crippen molar-refractivity contribution >= 4 is 23.2 Å². The highest BCUT2D eigenvalue weighted by Crippen LogP contribution is 2.33. The van der Waals surface area contributed by atoms with Crippen molar-refractivity contribution in [3.8, 4) is 5.75 Å². The molecule has 1 fully saturated rings. The summed E-state index contributed by atoms with van der Waals surface area (Å²) < 4.78 is 10.8. The van der Waals surface area contributed by atoms with Gasteiger partial charge in [0.2, 0.25) is 0 Å². The number of rotatable bonds is 6. The van der Waals surface area contributed by atoms with E-state index in [0.29, 0.717) is 40.1 Å². The summed E-state index contributed by atoms with van der Waals surface area (Å²) >= 11 is 12.3. The molecule has 1 aliphatic carbocycles. The minimum atomic E-state index is 0.179. The Morgan fingerprint density at radius 2 is 2.19 bits per heavy atom. The number of nitrogens with one attached hydrogen (secondary N) is 1. The minimum Gasteiger partial charge on any atom is -0.482 e. The zero-order valence-electron chi connectivity index (χ0n) is 11.5. The quantitative estimate of drug-likeness (QED) is 0.879. The molecule has 7 heteroatoms. The fourth-order valence-corrected chi connectivity index (χ4v) is 2.57. The molecule has 5 nitrogen and oxygen atoms in total. The number of ether oxygens (including phenoxy) is 1. The van der Waals surface area contributed by atoms with Gasteiger partial charge in [0.05, 0.1) is 5.02 Å². The topological polar surface area (TPSA) is 60.2 Å². The van der Waals surface area contributed by atoms with Gasteiger partial charge in [0.25, 0.3) is 5.89 Å². The lowest BCUT2D eigenvalue weighted by Crippen LogP contribution is -2.16.